The second kappa shape index (κ2) is 11.3. The number of aliphatic imine (C=N–C) groups is 1. The van der Waals surface area contributed by atoms with E-state index in [9.17, 15) is 31.4 Å². The molecule has 0 heterocycles. The minimum atomic E-state index is -4.90. The van der Waals surface area contributed by atoms with Gasteiger partial charge < -0.3 is 15.6 Å². The zero-order valence-electron chi connectivity index (χ0n) is 19.2. The van der Waals surface area contributed by atoms with E-state index in [-0.39, 0.29) is 33.9 Å². The number of ether oxygens (including phenoxy) is 1. The van der Waals surface area contributed by atoms with Crippen molar-refractivity contribution >= 4 is 40.5 Å². The number of nitrogens with zero attached hydrogens (tertiary/aromatic N) is 1. The molecule has 0 unspecified atom stereocenters. The standard InChI is InChI=1S/C25H17Cl3F6N2O2/c1-36-20(10-21(35)25(32,33)34)15-9-19(28)16(11-38-14-5-3-13(26)4-6-14)22(23(15)37)12-2-7-18(27)17(8-12)24(29,30)31/h2-10,37H,11,35H2,1H3/b21-10-,36-20?. The van der Waals surface area contributed by atoms with Gasteiger partial charge in [-0.1, -0.05) is 40.9 Å². The van der Waals surface area contributed by atoms with E-state index in [1.165, 1.54) is 30.3 Å². The summed E-state index contributed by atoms with van der Waals surface area (Å²) in [6.45, 7) is -0.341. The molecule has 38 heavy (non-hydrogen) atoms. The normalized spacial score (nSPS) is 13.1. The molecule has 3 aromatic carbocycles. The number of aromatic hydroxyl groups is 1. The van der Waals surface area contributed by atoms with E-state index in [0.29, 0.717) is 22.9 Å². The maximum atomic E-state index is 13.6. The molecule has 0 aliphatic rings. The molecule has 3 N–H and O–H groups in total. The highest BCUT2D eigenvalue weighted by Gasteiger charge is 2.35. The third-order valence-electron chi connectivity index (χ3n) is 5.25. The Morgan fingerprint density at radius 2 is 1.61 bits per heavy atom. The predicted molar refractivity (Wildman–Crippen MR) is 135 cm³/mol. The van der Waals surface area contributed by atoms with Crippen LogP contribution in [0.25, 0.3) is 11.1 Å². The molecule has 3 aromatic rings. The molecule has 0 radical (unpaired) electrons. The number of rotatable bonds is 6. The molecule has 0 spiro atoms. The number of nitrogens with two attached hydrogens (primary N) is 1. The van der Waals surface area contributed by atoms with Crippen LogP contribution in [0.1, 0.15) is 16.7 Å². The largest absolute Gasteiger partial charge is 0.507 e. The Morgan fingerprint density at radius 1 is 0.974 bits per heavy atom. The molecular weight excluding hydrogens is 581 g/mol. The maximum Gasteiger partial charge on any atom is 0.430 e. The Bertz CT molecular complexity index is 1400. The Morgan fingerprint density at radius 3 is 2.16 bits per heavy atom. The van der Waals surface area contributed by atoms with Crippen molar-refractivity contribution in [2.24, 2.45) is 10.7 Å². The van der Waals surface area contributed by atoms with Crippen LogP contribution in [0.4, 0.5) is 26.3 Å². The van der Waals surface area contributed by atoms with E-state index in [1.807, 2.05) is 0 Å². The first-order valence-corrected chi connectivity index (χ1v) is 11.6. The Labute approximate surface area is 227 Å². The fourth-order valence-electron chi connectivity index (χ4n) is 3.40. The highest BCUT2D eigenvalue weighted by atomic mass is 35.5. The lowest BCUT2D eigenvalue weighted by atomic mass is 9.92. The van der Waals surface area contributed by atoms with E-state index in [1.54, 1.807) is 0 Å². The van der Waals surface area contributed by atoms with Gasteiger partial charge >= 0.3 is 12.4 Å². The van der Waals surface area contributed by atoms with Gasteiger partial charge in [-0.05, 0) is 54.1 Å². The van der Waals surface area contributed by atoms with E-state index >= 15 is 0 Å². The Hall–Kier alpha value is -3.08. The molecule has 202 valence electrons. The lowest BCUT2D eigenvalue weighted by molar-refractivity contribution is -0.137. The summed E-state index contributed by atoms with van der Waals surface area (Å²) in [5, 5.41) is 10.9. The van der Waals surface area contributed by atoms with Gasteiger partial charge in [-0.25, -0.2) is 0 Å². The van der Waals surface area contributed by atoms with Gasteiger partial charge in [0.1, 0.15) is 23.8 Å². The molecule has 4 nitrogen and oxygen atoms in total. The molecule has 0 fully saturated rings. The first-order valence-electron chi connectivity index (χ1n) is 10.4. The molecule has 3 rings (SSSR count). The minimum absolute atomic E-state index is 0.0431. The van der Waals surface area contributed by atoms with E-state index < -0.39 is 40.1 Å². The van der Waals surface area contributed by atoms with Crippen molar-refractivity contribution in [2.75, 3.05) is 7.05 Å². The summed E-state index contributed by atoms with van der Waals surface area (Å²) in [7, 11) is 1.14. The number of alkyl halides is 6. The topological polar surface area (TPSA) is 67.8 Å². The first kappa shape index (κ1) is 29.5. The summed E-state index contributed by atoms with van der Waals surface area (Å²) in [5.74, 6) is -0.379. The average Bonchev–Trinajstić information content (AvgIpc) is 2.83. The molecule has 0 aromatic heterocycles. The SMILES string of the molecule is CN=C(/C=C(\N)C(F)(F)F)c1cc(Cl)c(COc2ccc(Cl)cc2)c(-c2ccc(Cl)c(C(F)(F)F)c2)c1O. The number of phenolic OH excluding ortho intramolecular Hbond substituents is 1. The summed E-state index contributed by atoms with van der Waals surface area (Å²) < 4.78 is 85.6. The molecular formula is C25H17Cl3F6N2O2. The number of phenols is 1. The van der Waals surface area contributed by atoms with Gasteiger partial charge in [0.25, 0.3) is 0 Å². The van der Waals surface area contributed by atoms with Crippen molar-refractivity contribution in [2.45, 2.75) is 19.0 Å². The van der Waals surface area contributed by atoms with Gasteiger partial charge in [-0.2, -0.15) is 26.3 Å². The van der Waals surface area contributed by atoms with E-state index in [4.69, 9.17) is 45.3 Å². The smallest absolute Gasteiger partial charge is 0.430 e. The second-order valence-electron chi connectivity index (χ2n) is 7.75. The summed E-state index contributed by atoms with van der Waals surface area (Å²) >= 11 is 18.1. The molecule has 0 atom stereocenters. The van der Waals surface area contributed by atoms with Crippen molar-refractivity contribution in [1.82, 2.24) is 0 Å². The highest BCUT2D eigenvalue weighted by Crippen LogP contribution is 2.44. The van der Waals surface area contributed by atoms with Crippen molar-refractivity contribution in [1.29, 1.82) is 0 Å². The van der Waals surface area contributed by atoms with Crippen LogP contribution in [0.3, 0.4) is 0 Å². The van der Waals surface area contributed by atoms with Gasteiger partial charge in [0, 0.05) is 33.8 Å². The van der Waals surface area contributed by atoms with Crippen LogP contribution in [-0.4, -0.2) is 24.0 Å². The quantitative estimate of drug-likeness (QED) is 0.221. The van der Waals surface area contributed by atoms with Crippen LogP contribution in [0.15, 0.2) is 65.3 Å². The molecule has 0 aliphatic carbocycles. The number of allylic oxidation sites excluding steroid dienone is 2. The zero-order chi connectivity index (χ0) is 28.4. The third kappa shape index (κ3) is 6.67. The minimum Gasteiger partial charge on any atom is -0.507 e. The molecule has 0 saturated carbocycles. The van der Waals surface area contributed by atoms with Gasteiger partial charge in [0.2, 0.25) is 0 Å². The van der Waals surface area contributed by atoms with Gasteiger partial charge in [0.15, 0.2) is 0 Å². The van der Waals surface area contributed by atoms with Crippen molar-refractivity contribution in [3.05, 3.63) is 92.1 Å². The summed E-state index contributed by atoms with van der Waals surface area (Å²) in [4.78, 5) is 3.75. The second-order valence-corrected chi connectivity index (χ2v) is 9.00. The Kier molecular flexibility index (Phi) is 8.80. The number of hydrogen-bond donors (Lipinski definition) is 2. The first-order chi connectivity index (χ1) is 17.6. The Balaban J connectivity index is 2.26. The summed E-state index contributed by atoms with van der Waals surface area (Å²) in [6.07, 6.45) is -9.27. The molecule has 0 bridgehead atoms. The molecule has 0 amide bonds. The molecule has 13 heteroatoms. The average molecular weight is 598 g/mol. The van der Waals surface area contributed by atoms with Gasteiger partial charge in [0.05, 0.1) is 16.3 Å². The zero-order valence-corrected chi connectivity index (χ0v) is 21.5. The van der Waals surface area contributed by atoms with Crippen LogP contribution in [0, 0.1) is 0 Å². The van der Waals surface area contributed by atoms with Gasteiger partial charge in [-0.15, -0.1) is 0 Å². The highest BCUT2D eigenvalue weighted by molar-refractivity contribution is 6.33. The lowest BCUT2D eigenvalue weighted by Gasteiger charge is -2.19. The van der Waals surface area contributed by atoms with Gasteiger partial charge in [-0.3, -0.25) is 4.99 Å². The summed E-state index contributed by atoms with van der Waals surface area (Å²) in [5.41, 5.74) is 1.29. The fraction of sp³-hybridized carbons (Fsp3) is 0.160. The predicted octanol–water partition coefficient (Wildman–Crippen LogP) is 8.44. The maximum absolute atomic E-state index is 13.6. The van der Waals surface area contributed by atoms with Crippen LogP contribution < -0.4 is 10.5 Å². The van der Waals surface area contributed by atoms with Crippen LogP contribution in [0.2, 0.25) is 15.1 Å². The summed E-state index contributed by atoms with van der Waals surface area (Å²) in [6, 6.07) is 10.1. The van der Waals surface area contributed by atoms with Crippen molar-refractivity contribution < 1.29 is 36.2 Å². The van der Waals surface area contributed by atoms with Crippen LogP contribution >= 0.6 is 34.8 Å². The van der Waals surface area contributed by atoms with E-state index in [2.05, 4.69) is 4.99 Å². The number of hydrogen-bond acceptors (Lipinski definition) is 4. The fourth-order valence-corrected chi connectivity index (χ4v) is 4.01. The van der Waals surface area contributed by atoms with Crippen molar-refractivity contribution in [3.63, 3.8) is 0 Å². The monoisotopic (exact) mass is 596 g/mol. The number of benzene rings is 3. The van der Waals surface area contributed by atoms with Crippen molar-refractivity contribution in [3.8, 4) is 22.6 Å². The molecule has 0 saturated heterocycles. The third-order valence-corrected chi connectivity index (χ3v) is 6.17. The number of halogens is 9. The van der Waals surface area contributed by atoms with E-state index in [0.717, 1.165) is 19.2 Å². The van der Waals surface area contributed by atoms with Crippen LogP contribution in [0.5, 0.6) is 11.5 Å². The molecule has 0 aliphatic heterocycles. The van der Waals surface area contributed by atoms with Crippen LogP contribution in [-0.2, 0) is 12.8 Å². The lowest BCUT2D eigenvalue weighted by Crippen LogP contribution is -2.21.